The minimum Gasteiger partial charge on any atom is -0.550 e. The summed E-state index contributed by atoms with van der Waals surface area (Å²) in [5.74, 6) is -0.962. The van der Waals surface area contributed by atoms with Gasteiger partial charge in [-0.2, -0.15) is 0 Å². The summed E-state index contributed by atoms with van der Waals surface area (Å²) in [7, 11) is 0. The van der Waals surface area contributed by atoms with Gasteiger partial charge in [0.1, 0.15) is 24.4 Å². The Morgan fingerprint density at radius 3 is 1.69 bits per heavy atom. The summed E-state index contributed by atoms with van der Waals surface area (Å²) >= 11 is 0. The summed E-state index contributed by atoms with van der Waals surface area (Å²) in [6.07, 6.45) is 13.4. The van der Waals surface area contributed by atoms with Crippen molar-refractivity contribution in [3.05, 3.63) is 0 Å². The molecule has 8 nitrogen and oxygen atoms in total. The van der Waals surface area contributed by atoms with Gasteiger partial charge in [-0.3, -0.25) is 0 Å². The molecule has 0 aliphatic carbocycles. The number of rotatable bonds is 23. The van der Waals surface area contributed by atoms with Crippen LogP contribution in [0.2, 0.25) is 0 Å². The molecule has 0 aromatic carbocycles. The van der Waals surface area contributed by atoms with E-state index in [0.717, 1.165) is 77.0 Å². The zero-order valence-electron chi connectivity index (χ0n) is 22.5. The van der Waals surface area contributed by atoms with Crippen LogP contribution in [0.3, 0.4) is 0 Å². The van der Waals surface area contributed by atoms with Crippen molar-refractivity contribution < 1.29 is 39.8 Å². The number of carboxylic acids is 1. The molecule has 0 saturated carbocycles. The minimum atomic E-state index is -1.42. The van der Waals surface area contributed by atoms with E-state index in [1.165, 1.54) is 32.1 Å². The summed E-state index contributed by atoms with van der Waals surface area (Å²) in [6, 6.07) is 0. The number of unbranched alkanes of at least 4 members (excludes halogenated alkanes) is 14. The smallest absolute Gasteiger partial charge is 0.186 e. The van der Waals surface area contributed by atoms with Crippen LogP contribution in [0.1, 0.15) is 129 Å². The second-order valence-corrected chi connectivity index (χ2v) is 10.5. The predicted octanol–water partition coefficient (Wildman–Crippen LogP) is 3.35. The average Bonchev–Trinajstić information content (AvgIpc) is 2.86. The Balaban J connectivity index is 2.35. The van der Waals surface area contributed by atoms with E-state index < -0.39 is 43.3 Å². The predicted molar refractivity (Wildman–Crippen MR) is 137 cm³/mol. The van der Waals surface area contributed by atoms with Crippen molar-refractivity contribution in [3.8, 4) is 0 Å². The molecule has 1 saturated heterocycles. The lowest BCUT2D eigenvalue weighted by Gasteiger charge is -2.41. The summed E-state index contributed by atoms with van der Waals surface area (Å²) in [6.45, 7) is 1.76. The Labute approximate surface area is 218 Å². The lowest BCUT2D eigenvalue weighted by atomic mass is 9.98. The normalized spacial score (nSPS) is 25.2. The molecule has 0 amide bonds. The van der Waals surface area contributed by atoms with Gasteiger partial charge in [0, 0.05) is 5.97 Å². The van der Waals surface area contributed by atoms with Crippen LogP contribution in [0.25, 0.3) is 0 Å². The van der Waals surface area contributed by atoms with Crippen molar-refractivity contribution in [2.24, 2.45) is 0 Å². The lowest BCUT2D eigenvalue weighted by molar-refractivity contribution is -0.312. The van der Waals surface area contributed by atoms with E-state index in [-0.39, 0.29) is 12.5 Å². The van der Waals surface area contributed by atoms with Crippen LogP contribution in [0.15, 0.2) is 0 Å². The molecular weight excluding hydrogens is 464 g/mol. The van der Waals surface area contributed by atoms with Gasteiger partial charge in [0.25, 0.3) is 0 Å². The van der Waals surface area contributed by atoms with Gasteiger partial charge in [-0.1, -0.05) is 103 Å². The second-order valence-electron chi connectivity index (χ2n) is 10.5. The summed E-state index contributed by atoms with van der Waals surface area (Å²) in [4.78, 5) is 10.4. The molecule has 1 heterocycles. The number of ether oxygens (including phenoxy) is 2. The number of hydrogen-bond donors (Lipinski definition) is 4. The van der Waals surface area contributed by atoms with E-state index >= 15 is 0 Å². The van der Waals surface area contributed by atoms with E-state index in [2.05, 4.69) is 6.92 Å². The highest BCUT2D eigenvalue weighted by Gasteiger charge is 2.44. The number of carbonyl (C=O) groups excluding carboxylic acids is 1. The standard InChI is InChI=1S/C28H54O8/c1-2-3-4-5-9-12-15-18-22(35-28-27(34)26(33)25(32)23(21-29)36-28)19-16-13-10-7-6-8-11-14-17-20-24(30)31/h22-23,25-29,32-34H,2-21H2,1H3,(H,30,31)/p-1/t22?,23-,25-,26+,27-,28-/m1/s1. The van der Waals surface area contributed by atoms with Gasteiger partial charge in [-0.15, -0.1) is 0 Å². The van der Waals surface area contributed by atoms with Gasteiger partial charge in [0.05, 0.1) is 12.7 Å². The van der Waals surface area contributed by atoms with Crippen molar-refractivity contribution in [1.82, 2.24) is 0 Å². The van der Waals surface area contributed by atoms with Crippen molar-refractivity contribution in [1.29, 1.82) is 0 Å². The van der Waals surface area contributed by atoms with E-state index in [1.54, 1.807) is 0 Å². The second kappa shape index (κ2) is 21.2. The first-order valence-electron chi connectivity index (χ1n) is 14.6. The number of carbonyl (C=O) groups is 1. The third-order valence-corrected chi connectivity index (χ3v) is 7.21. The van der Waals surface area contributed by atoms with Crippen LogP contribution in [-0.2, 0) is 14.3 Å². The Bertz CT molecular complexity index is 530. The molecule has 1 unspecified atom stereocenters. The first-order valence-corrected chi connectivity index (χ1v) is 14.6. The molecule has 1 rings (SSSR count). The highest BCUT2D eigenvalue weighted by atomic mass is 16.7. The maximum Gasteiger partial charge on any atom is 0.186 e. The van der Waals surface area contributed by atoms with Crippen molar-refractivity contribution in [2.45, 2.75) is 166 Å². The highest BCUT2D eigenvalue weighted by molar-refractivity contribution is 5.64. The van der Waals surface area contributed by atoms with Crippen LogP contribution < -0.4 is 5.11 Å². The van der Waals surface area contributed by atoms with Gasteiger partial charge in [-0.25, -0.2) is 0 Å². The lowest BCUT2D eigenvalue weighted by Crippen LogP contribution is -2.59. The number of carboxylic acid groups (broad SMARTS) is 1. The maximum absolute atomic E-state index is 10.4. The highest BCUT2D eigenvalue weighted by Crippen LogP contribution is 2.26. The number of aliphatic carboxylic acids is 1. The quantitative estimate of drug-likeness (QED) is 0.151. The van der Waals surface area contributed by atoms with Gasteiger partial charge in [0.15, 0.2) is 6.29 Å². The molecular formula is C28H53O8-. The molecule has 1 fully saturated rings. The molecule has 1 aliphatic heterocycles. The SMILES string of the molecule is CCCCCCCCCC(CCCCCCCCCCCC(=O)[O-])O[C@@H]1O[C@H](CO)[C@@H](O)[C@H](O)[C@H]1O. The zero-order chi connectivity index (χ0) is 26.6. The molecule has 6 atom stereocenters. The van der Waals surface area contributed by atoms with Crippen molar-refractivity contribution in [2.75, 3.05) is 6.61 Å². The molecule has 0 spiro atoms. The fraction of sp³-hybridized carbons (Fsp3) is 0.964. The van der Waals surface area contributed by atoms with Crippen LogP contribution in [0.5, 0.6) is 0 Å². The van der Waals surface area contributed by atoms with Crippen molar-refractivity contribution in [3.63, 3.8) is 0 Å². The molecule has 0 radical (unpaired) electrons. The summed E-state index contributed by atoms with van der Waals surface area (Å²) in [5.41, 5.74) is 0. The van der Waals surface area contributed by atoms with Gasteiger partial charge in [-0.05, 0) is 25.7 Å². The molecule has 0 bridgehead atoms. The topological polar surface area (TPSA) is 140 Å². The fourth-order valence-electron chi connectivity index (χ4n) is 4.86. The zero-order valence-corrected chi connectivity index (χ0v) is 22.5. The van der Waals surface area contributed by atoms with E-state index in [4.69, 9.17) is 9.47 Å². The Morgan fingerprint density at radius 2 is 1.22 bits per heavy atom. The van der Waals surface area contributed by atoms with E-state index in [9.17, 15) is 30.3 Å². The molecule has 36 heavy (non-hydrogen) atoms. The molecule has 0 aromatic rings. The van der Waals surface area contributed by atoms with Crippen LogP contribution >= 0.6 is 0 Å². The maximum atomic E-state index is 10.4. The third-order valence-electron chi connectivity index (χ3n) is 7.21. The molecule has 214 valence electrons. The number of aliphatic hydroxyl groups excluding tert-OH is 4. The van der Waals surface area contributed by atoms with Gasteiger partial charge in [0.2, 0.25) is 0 Å². The Hall–Kier alpha value is -0.770. The van der Waals surface area contributed by atoms with E-state index in [0.29, 0.717) is 6.42 Å². The summed E-state index contributed by atoms with van der Waals surface area (Å²) < 4.78 is 11.7. The molecule has 1 aliphatic rings. The molecule has 8 heteroatoms. The van der Waals surface area contributed by atoms with E-state index in [1.807, 2.05) is 0 Å². The number of hydrogen-bond acceptors (Lipinski definition) is 8. The van der Waals surface area contributed by atoms with Crippen molar-refractivity contribution >= 4 is 5.97 Å². The Kier molecular flexibility index (Phi) is 19.6. The minimum absolute atomic E-state index is 0.106. The average molecular weight is 518 g/mol. The first kappa shape index (κ1) is 33.3. The fourth-order valence-corrected chi connectivity index (χ4v) is 4.86. The first-order chi connectivity index (χ1) is 17.4. The number of aliphatic hydroxyl groups is 4. The van der Waals surface area contributed by atoms with Gasteiger partial charge >= 0.3 is 0 Å². The van der Waals surface area contributed by atoms with Crippen LogP contribution in [-0.4, -0.2) is 69.8 Å². The molecule has 0 aromatic heterocycles. The largest absolute Gasteiger partial charge is 0.550 e. The molecule has 4 N–H and O–H groups in total. The van der Waals surface area contributed by atoms with Crippen LogP contribution in [0, 0.1) is 0 Å². The Morgan fingerprint density at radius 1 is 0.750 bits per heavy atom. The monoisotopic (exact) mass is 517 g/mol. The third kappa shape index (κ3) is 14.8. The summed E-state index contributed by atoms with van der Waals surface area (Å²) in [5, 5.41) is 50.3. The van der Waals surface area contributed by atoms with Crippen LogP contribution in [0.4, 0.5) is 0 Å². The van der Waals surface area contributed by atoms with Gasteiger partial charge < -0.3 is 39.8 Å².